The van der Waals surface area contributed by atoms with E-state index in [2.05, 4.69) is 30.6 Å². The van der Waals surface area contributed by atoms with Gasteiger partial charge in [-0.3, -0.25) is 19.2 Å². The van der Waals surface area contributed by atoms with Gasteiger partial charge in [-0.25, -0.2) is 4.98 Å². The number of benzene rings is 2. The third kappa shape index (κ3) is 8.43. The van der Waals surface area contributed by atoms with E-state index in [1.165, 1.54) is 4.90 Å². The summed E-state index contributed by atoms with van der Waals surface area (Å²) < 4.78 is 5.83. The van der Waals surface area contributed by atoms with E-state index < -0.39 is 35.4 Å². The summed E-state index contributed by atoms with van der Waals surface area (Å²) in [5.74, 6) is -1.84. The molecule has 0 spiro atoms. The Balaban J connectivity index is 0.795. The third-order valence-corrected chi connectivity index (χ3v) is 14.0. The number of hydrogen-bond acceptors (Lipinski definition) is 13. The largest absolute Gasteiger partial charge is 0.507 e. The molecule has 0 bridgehead atoms. The second-order valence-electron chi connectivity index (χ2n) is 18.1. The average molecular weight is 901 g/mol. The number of anilines is 1. The van der Waals surface area contributed by atoms with Crippen molar-refractivity contribution in [3.8, 4) is 27.4 Å². The van der Waals surface area contributed by atoms with Crippen LogP contribution in [0.1, 0.15) is 68.5 Å². The Morgan fingerprint density at radius 1 is 0.938 bits per heavy atom. The molecule has 7 heterocycles. The zero-order valence-electron chi connectivity index (χ0n) is 36.9. The molecule has 4 N–H and O–H groups in total. The molecule has 4 aromatic heterocycles. The Kier molecular flexibility index (Phi) is 11.7. The molecular formula is C47H52N10O7S. The number of carbonyl (C=O) groups is 4. The summed E-state index contributed by atoms with van der Waals surface area (Å²) in [6.45, 7) is 11.8. The van der Waals surface area contributed by atoms with Gasteiger partial charge in [-0.1, -0.05) is 55.4 Å². The number of aryl methyl sites for hydroxylation is 1. The van der Waals surface area contributed by atoms with Crippen LogP contribution in [0.3, 0.4) is 0 Å². The molecule has 18 heteroatoms. The van der Waals surface area contributed by atoms with Crippen molar-refractivity contribution in [3.63, 3.8) is 0 Å². The van der Waals surface area contributed by atoms with Gasteiger partial charge in [-0.15, -0.1) is 21.5 Å². The fraction of sp³-hybridized carbons (Fsp3) is 0.404. The van der Waals surface area contributed by atoms with Gasteiger partial charge in [-0.05, 0) is 61.6 Å². The molecule has 3 saturated heterocycles. The Morgan fingerprint density at radius 2 is 1.66 bits per heavy atom. The number of aliphatic hydroxyl groups is 1. The summed E-state index contributed by atoms with van der Waals surface area (Å²) in [6, 6.07) is 17.7. The van der Waals surface area contributed by atoms with Gasteiger partial charge in [0.25, 0.3) is 0 Å². The van der Waals surface area contributed by atoms with Crippen LogP contribution in [-0.4, -0.2) is 132 Å². The molecule has 9 rings (SSSR count). The zero-order chi connectivity index (χ0) is 45.7. The number of phenolic OH excluding ortho intramolecular Hbond substituents is 1. The number of H-pyrrole nitrogens is 1. The molecule has 17 nitrogen and oxygen atoms in total. The second kappa shape index (κ2) is 17.4. The van der Waals surface area contributed by atoms with Crippen LogP contribution in [0.15, 0.2) is 76.9 Å². The molecule has 0 radical (unpaired) electrons. The average Bonchev–Trinajstić information content (AvgIpc) is 4.10. The van der Waals surface area contributed by atoms with Crippen LogP contribution in [-0.2, 0) is 24.7 Å². The fourth-order valence-electron chi connectivity index (χ4n) is 9.23. The van der Waals surface area contributed by atoms with E-state index in [4.69, 9.17) is 4.52 Å². The number of likely N-dealkylation sites (tertiary alicyclic amines) is 2. The highest BCUT2D eigenvalue weighted by Gasteiger charge is 2.45. The van der Waals surface area contributed by atoms with Crippen molar-refractivity contribution in [2.75, 3.05) is 50.7 Å². The molecular weight excluding hydrogens is 849 g/mol. The lowest BCUT2D eigenvalue weighted by Gasteiger charge is -2.40. The van der Waals surface area contributed by atoms with Gasteiger partial charge in [0.1, 0.15) is 17.7 Å². The van der Waals surface area contributed by atoms with Crippen molar-refractivity contribution >= 4 is 51.8 Å². The lowest BCUT2D eigenvalue weighted by molar-refractivity contribution is -0.154. The first-order chi connectivity index (χ1) is 31.2. The van der Waals surface area contributed by atoms with Crippen LogP contribution in [0.4, 0.5) is 5.82 Å². The van der Waals surface area contributed by atoms with Crippen LogP contribution >= 0.6 is 11.3 Å². The summed E-state index contributed by atoms with van der Waals surface area (Å²) in [6.07, 6.45) is 1.10. The first kappa shape index (κ1) is 43.6. The lowest BCUT2D eigenvalue weighted by atomic mass is 9.91. The smallest absolute Gasteiger partial charge is 0.312 e. The highest BCUT2D eigenvalue weighted by molar-refractivity contribution is 7.13. The summed E-state index contributed by atoms with van der Waals surface area (Å²) in [7, 11) is 0. The van der Waals surface area contributed by atoms with Gasteiger partial charge in [0.05, 0.1) is 33.4 Å². The summed E-state index contributed by atoms with van der Waals surface area (Å²) in [5.41, 5.74) is 6.62. The number of carbonyl (C=O) groups excluding carboxylic acids is 4. The minimum atomic E-state index is -0.886. The van der Waals surface area contributed by atoms with Crippen molar-refractivity contribution in [3.05, 3.63) is 95.0 Å². The van der Waals surface area contributed by atoms with Crippen LogP contribution < -0.4 is 10.2 Å². The van der Waals surface area contributed by atoms with E-state index in [1.54, 1.807) is 45.4 Å². The van der Waals surface area contributed by atoms with Crippen molar-refractivity contribution in [2.24, 2.45) is 5.92 Å². The van der Waals surface area contributed by atoms with E-state index in [9.17, 15) is 29.4 Å². The standard InChI is InChI=1S/C47H52N10O7S/c1-26(2)40(44(61)57-24-31(58)18-36(57)43(60)50-47(4,5)30-12-10-28(11-13-30)41-27(3)49-25-65-41)38-20-39(53-64-38)54-14-16-55(17-15-54)45(62)46(63)56-22-29(23-56)34-21-48-42-33(34)19-35(51-52-42)32-8-6-7-9-37(32)59/h6-13,19-21,25-26,29,31,36,40,58-59H,14-18,22-24H2,1-5H3,(H,48,52)(H,50,60)/t31-,36+,40-/m1/s1. The quantitative estimate of drug-likeness (QED) is 0.137. The van der Waals surface area contributed by atoms with Gasteiger partial charge >= 0.3 is 11.8 Å². The van der Waals surface area contributed by atoms with Crippen molar-refractivity contribution in [1.82, 2.24) is 45.3 Å². The topological polar surface area (TPSA) is 214 Å². The maximum Gasteiger partial charge on any atom is 0.312 e. The van der Waals surface area contributed by atoms with Crippen molar-refractivity contribution < 1.29 is 33.9 Å². The van der Waals surface area contributed by atoms with Crippen molar-refractivity contribution in [1.29, 1.82) is 0 Å². The number of β-amino-alcohol motifs (C(OH)–C–C–N with tert-alkyl or cyclic N) is 1. The first-order valence-electron chi connectivity index (χ1n) is 21.9. The molecule has 338 valence electrons. The third-order valence-electron chi connectivity index (χ3n) is 13.0. The van der Waals surface area contributed by atoms with Crippen LogP contribution in [0.5, 0.6) is 5.75 Å². The van der Waals surface area contributed by atoms with E-state index in [0.29, 0.717) is 67.8 Å². The maximum absolute atomic E-state index is 14.4. The van der Waals surface area contributed by atoms with E-state index in [0.717, 1.165) is 32.6 Å². The van der Waals surface area contributed by atoms with Crippen LogP contribution in [0, 0.1) is 12.8 Å². The molecule has 3 atom stereocenters. The molecule has 0 unspecified atom stereocenters. The van der Waals surface area contributed by atoms with Gasteiger partial charge in [0.15, 0.2) is 17.2 Å². The Morgan fingerprint density at radius 3 is 2.35 bits per heavy atom. The predicted octanol–water partition coefficient (Wildman–Crippen LogP) is 4.78. The minimum absolute atomic E-state index is 0.000798. The number of nitrogens with one attached hydrogen (secondary N) is 2. The molecule has 3 aliphatic rings. The molecule has 2 aromatic carbocycles. The summed E-state index contributed by atoms with van der Waals surface area (Å²) in [4.78, 5) is 70.2. The highest BCUT2D eigenvalue weighted by Crippen LogP contribution is 2.37. The summed E-state index contributed by atoms with van der Waals surface area (Å²) in [5, 5.41) is 38.0. The molecule has 0 saturated carbocycles. The second-order valence-corrected chi connectivity index (χ2v) is 19.0. The highest BCUT2D eigenvalue weighted by atomic mass is 32.1. The number of piperazine rings is 1. The monoisotopic (exact) mass is 900 g/mol. The number of aliphatic hydroxyl groups excluding tert-OH is 1. The molecule has 3 fully saturated rings. The van der Waals surface area contributed by atoms with Gasteiger partial charge in [0.2, 0.25) is 11.8 Å². The number of phenols is 1. The van der Waals surface area contributed by atoms with Gasteiger partial charge < -0.3 is 44.6 Å². The number of amides is 4. The fourth-order valence-corrected chi connectivity index (χ4v) is 10.0. The maximum atomic E-state index is 14.4. The number of aromatic amines is 1. The number of aromatic nitrogens is 5. The molecule has 6 aromatic rings. The molecule has 0 aliphatic carbocycles. The number of para-hydroxylation sites is 1. The van der Waals surface area contributed by atoms with Crippen LogP contribution in [0.2, 0.25) is 0 Å². The SMILES string of the molecule is Cc1ncsc1-c1ccc(C(C)(C)NC(=O)[C@@H]2C[C@@H](O)CN2C(=O)[C@@H](c2cc(N3CCN(C(=O)C(=O)N4CC(c5c[nH]c6nnc(-c7ccccc7O)cc56)C4)CC3)no2)C(C)C)cc1. The summed E-state index contributed by atoms with van der Waals surface area (Å²) >= 11 is 1.58. The normalized spacial score (nSPS) is 18.6. The van der Waals surface area contributed by atoms with Gasteiger partial charge in [0, 0.05) is 81.4 Å². The minimum Gasteiger partial charge on any atom is -0.507 e. The number of fused-ring (bicyclic) bond motifs is 1. The predicted molar refractivity (Wildman–Crippen MR) is 243 cm³/mol. The Labute approximate surface area is 379 Å². The Hall–Kier alpha value is -6.66. The van der Waals surface area contributed by atoms with E-state index in [-0.39, 0.29) is 42.4 Å². The number of rotatable bonds is 10. The number of hydrogen-bond donors (Lipinski definition) is 4. The molecule has 3 aliphatic heterocycles. The number of nitrogens with zero attached hydrogens (tertiary/aromatic N) is 8. The Bertz CT molecular complexity index is 2750. The number of thiazole rings is 1. The van der Waals surface area contributed by atoms with Crippen LogP contribution in [0.25, 0.3) is 32.7 Å². The van der Waals surface area contributed by atoms with Gasteiger partial charge in [-0.2, -0.15) is 0 Å². The van der Waals surface area contributed by atoms with E-state index >= 15 is 0 Å². The van der Waals surface area contributed by atoms with E-state index in [1.807, 2.05) is 87.6 Å². The molecule has 4 amide bonds. The lowest BCUT2D eigenvalue weighted by Crippen LogP contribution is -2.57. The first-order valence-corrected chi connectivity index (χ1v) is 22.8. The number of aromatic hydroxyl groups is 1. The van der Waals surface area contributed by atoms with Crippen molar-refractivity contribution in [2.45, 2.75) is 70.6 Å². The zero-order valence-corrected chi connectivity index (χ0v) is 37.7. The molecule has 65 heavy (non-hydrogen) atoms.